The maximum atomic E-state index is 6.04. The van der Waals surface area contributed by atoms with Crippen LogP contribution in [0, 0.1) is 5.41 Å². The minimum Gasteiger partial charge on any atom is -0.354 e. The minimum absolute atomic E-state index is 0.278. The Bertz CT molecular complexity index is 477. The summed E-state index contributed by atoms with van der Waals surface area (Å²) in [6.45, 7) is 5.03. The standard InChI is InChI=1S/C15H24ClN5/c1-2-9-17-13-18-12(16)19-14(20-13)21-10-7-15(8-11-21)5-3-4-6-15/h2-11H2,1H3,(H,17,18,19,20). The van der Waals surface area contributed by atoms with Gasteiger partial charge in [-0.25, -0.2) is 0 Å². The third-order valence-electron chi connectivity index (χ3n) is 4.90. The van der Waals surface area contributed by atoms with Crippen molar-refractivity contribution in [2.75, 3.05) is 29.9 Å². The molecule has 3 rings (SSSR count). The first-order valence-corrected chi connectivity index (χ1v) is 8.49. The Balaban J connectivity index is 1.68. The van der Waals surface area contributed by atoms with Gasteiger partial charge in [0.05, 0.1) is 0 Å². The molecule has 21 heavy (non-hydrogen) atoms. The molecule has 1 aromatic heterocycles. The number of hydrogen-bond donors (Lipinski definition) is 1. The summed E-state index contributed by atoms with van der Waals surface area (Å²) in [6, 6.07) is 0. The van der Waals surface area contributed by atoms with E-state index in [9.17, 15) is 0 Å². The van der Waals surface area contributed by atoms with E-state index in [1.165, 1.54) is 38.5 Å². The molecular weight excluding hydrogens is 286 g/mol. The van der Waals surface area contributed by atoms with Crippen LogP contribution in [-0.2, 0) is 0 Å². The van der Waals surface area contributed by atoms with Gasteiger partial charge in [-0.05, 0) is 49.1 Å². The van der Waals surface area contributed by atoms with Crippen molar-refractivity contribution in [1.82, 2.24) is 15.0 Å². The maximum Gasteiger partial charge on any atom is 0.231 e. The quantitative estimate of drug-likeness (QED) is 0.922. The molecule has 116 valence electrons. The monoisotopic (exact) mass is 309 g/mol. The predicted molar refractivity (Wildman–Crippen MR) is 86.0 cm³/mol. The molecule has 2 aliphatic rings. The first kappa shape index (κ1) is 14.8. The lowest BCUT2D eigenvalue weighted by Gasteiger charge is -2.39. The molecule has 1 N–H and O–H groups in total. The predicted octanol–water partition coefficient (Wildman–Crippen LogP) is 3.51. The SMILES string of the molecule is CCCNc1nc(Cl)nc(N2CCC3(CCCC3)CC2)n1. The van der Waals surface area contributed by atoms with Crippen molar-refractivity contribution >= 4 is 23.5 Å². The first-order valence-electron chi connectivity index (χ1n) is 8.11. The third-order valence-corrected chi connectivity index (χ3v) is 5.07. The summed E-state index contributed by atoms with van der Waals surface area (Å²) in [4.78, 5) is 15.2. The molecule has 0 aromatic carbocycles. The lowest BCUT2D eigenvalue weighted by atomic mass is 9.77. The van der Waals surface area contributed by atoms with Crippen LogP contribution in [0.4, 0.5) is 11.9 Å². The lowest BCUT2D eigenvalue weighted by Crippen LogP contribution is -2.39. The summed E-state index contributed by atoms with van der Waals surface area (Å²) in [5.41, 5.74) is 0.608. The molecule has 2 heterocycles. The highest BCUT2D eigenvalue weighted by Gasteiger charge is 2.37. The molecule has 0 atom stereocenters. The van der Waals surface area contributed by atoms with Crippen LogP contribution in [0.15, 0.2) is 0 Å². The van der Waals surface area contributed by atoms with E-state index in [4.69, 9.17) is 11.6 Å². The number of piperidine rings is 1. The van der Waals surface area contributed by atoms with Gasteiger partial charge in [-0.1, -0.05) is 19.8 Å². The van der Waals surface area contributed by atoms with Gasteiger partial charge in [0.25, 0.3) is 0 Å². The molecule has 1 aliphatic carbocycles. The van der Waals surface area contributed by atoms with Crippen molar-refractivity contribution in [3.63, 3.8) is 0 Å². The normalized spacial score (nSPS) is 21.0. The fraction of sp³-hybridized carbons (Fsp3) is 0.800. The molecule has 1 aromatic rings. The van der Waals surface area contributed by atoms with Gasteiger partial charge in [-0.15, -0.1) is 0 Å². The minimum atomic E-state index is 0.278. The molecule has 1 spiro atoms. The second-order valence-corrected chi connectivity index (χ2v) is 6.69. The van der Waals surface area contributed by atoms with E-state index in [2.05, 4.69) is 32.1 Å². The van der Waals surface area contributed by atoms with E-state index in [-0.39, 0.29) is 5.28 Å². The van der Waals surface area contributed by atoms with Gasteiger partial charge in [-0.3, -0.25) is 0 Å². The van der Waals surface area contributed by atoms with E-state index in [0.717, 1.165) is 32.0 Å². The molecule has 1 aliphatic heterocycles. The highest BCUT2D eigenvalue weighted by atomic mass is 35.5. The van der Waals surface area contributed by atoms with Gasteiger partial charge in [0.2, 0.25) is 17.2 Å². The highest BCUT2D eigenvalue weighted by molar-refractivity contribution is 6.28. The number of nitrogens with zero attached hydrogens (tertiary/aromatic N) is 4. The van der Waals surface area contributed by atoms with Gasteiger partial charge in [-0.2, -0.15) is 15.0 Å². The van der Waals surface area contributed by atoms with Crippen LogP contribution in [0.1, 0.15) is 51.9 Å². The summed E-state index contributed by atoms with van der Waals surface area (Å²) < 4.78 is 0. The zero-order chi connectivity index (χ0) is 14.7. The van der Waals surface area contributed by atoms with Crippen LogP contribution in [0.5, 0.6) is 0 Å². The van der Waals surface area contributed by atoms with Crippen molar-refractivity contribution in [2.24, 2.45) is 5.41 Å². The summed E-state index contributed by atoms with van der Waals surface area (Å²) in [5.74, 6) is 1.31. The molecular formula is C15H24ClN5. The van der Waals surface area contributed by atoms with Crippen molar-refractivity contribution in [3.8, 4) is 0 Å². The van der Waals surface area contributed by atoms with Gasteiger partial charge >= 0.3 is 0 Å². The van der Waals surface area contributed by atoms with E-state index in [1.54, 1.807) is 0 Å². The molecule has 1 saturated heterocycles. The topological polar surface area (TPSA) is 53.9 Å². The summed E-state index contributed by atoms with van der Waals surface area (Å²) >= 11 is 6.04. The second kappa shape index (κ2) is 6.34. The molecule has 2 fully saturated rings. The molecule has 6 heteroatoms. The number of hydrogen-bond acceptors (Lipinski definition) is 5. The molecule has 0 unspecified atom stereocenters. The molecule has 1 saturated carbocycles. The number of anilines is 2. The van der Waals surface area contributed by atoms with Crippen LogP contribution in [0.2, 0.25) is 5.28 Å². The number of rotatable bonds is 4. The number of halogens is 1. The van der Waals surface area contributed by atoms with Crippen molar-refractivity contribution in [3.05, 3.63) is 5.28 Å². The molecule has 5 nitrogen and oxygen atoms in total. The van der Waals surface area contributed by atoms with Crippen LogP contribution in [-0.4, -0.2) is 34.6 Å². The van der Waals surface area contributed by atoms with Gasteiger partial charge in [0.1, 0.15) is 0 Å². The van der Waals surface area contributed by atoms with Crippen molar-refractivity contribution in [2.45, 2.75) is 51.9 Å². The van der Waals surface area contributed by atoms with Crippen molar-refractivity contribution in [1.29, 1.82) is 0 Å². The lowest BCUT2D eigenvalue weighted by molar-refractivity contribution is 0.225. The smallest absolute Gasteiger partial charge is 0.231 e. The zero-order valence-corrected chi connectivity index (χ0v) is 13.5. The zero-order valence-electron chi connectivity index (χ0n) is 12.7. The van der Waals surface area contributed by atoms with Crippen molar-refractivity contribution < 1.29 is 0 Å². The average Bonchev–Trinajstić information content (AvgIpc) is 2.93. The van der Waals surface area contributed by atoms with Gasteiger partial charge in [0.15, 0.2) is 0 Å². The van der Waals surface area contributed by atoms with Gasteiger partial charge in [0, 0.05) is 19.6 Å². The van der Waals surface area contributed by atoms with Crippen LogP contribution >= 0.6 is 11.6 Å². The fourth-order valence-electron chi connectivity index (χ4n) is 3.60. The van der Waals surface area contributed by atoms with Crippen LogP contribution in [0.3, 0.4) is 0 Å². The number of aromatic nitrogens is 3. The maximum absolute atomic E-state index is 6.04. The molecule has 0 amide bonds. The fourth-order valence-corrected chi connectivity index (χ4v) is 3.76. The van der Waals surface area contributed by atoms with E-state index in [0.29, 0.717) is 11.4 Å². The van der Waals surface area contributed by atoms with Crippen LogP contribution < -0.4 is 10.2 Å². The molecule has 0 radical (unpaired) electrons. The Hall–Kier alpha value is -1.10. The highest BCUT2D eigenvalue weighted by Crippen LogP contribution is 2.46. The molecule has 0 bridgehead atoms. The van der Waals surface area contributed by atoms with E-state index >= 15 is 0 Å². The first-order chi connectivity index (χ1) is 10.2. The Labute approximate surface area is 131 Å². The van der Waals surface area contributed by atoms with E-state index in [1.807, 2.05) is 0 Å². The van der Waals surface area contributed by atoms with Gasteiger partial charge < -0.3 is 10.2 Å². The Kier molecular flexibility index (Phi) is 4.48. The summed E-state index contributed by atoms with van der Waals surface area (Å²) in [7, 11) is 0. The third kappa shape index (κ3) is 3.39. The van der Waals surface area contributed by atoms with Crippen LogP contribution in [0.25, 0.3) is 0 Å². The Morgan fingerprint density at radius 3 is 2.48 bits per heavy atom. The Morgan fingerprint density at radius 1 is 1.10 bits per heavy atom. The summed E-state index contributed by atoms with van der Waals surface area (Å²) in [6.07, 6.45) is 9.17. The van der Waals surface area contributed by atoms with E-state index < -0.39 is 0 Å². The Morgan fingerprint density at radius 2 is 1.81 bits per heavy atom. The number of nitrogens with one attached hydrogen (secondary N) is 1. The largest absolute Gasteiger partial charge is 0.354 e. The second-order valence-electron chi connectivity index (χ2n) is 6.35. The average molecular weight is 310 g/mol. The summed E-state index contributed by atoms with van der Waals surface area (Å²) in [5, 5.41) is 3.47.